The van der Waals surface area contributed by atoms with E-state index in [2.05, 4.69) is 16.0 Å². The van der Waals surface area contributed by atoms with E-state index in [9.17, 15) is 119 Å². The number of nitrogens with one attached hydrogen (secondary N) is 3. The van der Waals surface area contributed by atoms with E-state index in [1.165, 1.54) is 87.2 Å². The highest BCUT2D eigenvalue weighted by Gasteiger charge is 2.38. The summed E-state index contributed by atoms with van der Waals surface area (Å²) in [5, 5.41) is 128. The molecule has 0 saturated carbocycles. The minimum Gasteiger partial charge on any atom is -0.480 e. The maximum absolute atomic E-state index is 15.3. The van der Waals surface area contributed by atoms with Crippen molar-refractivity contribution < 1.29 is 176 Å². The van der Waals surface area contributed by atoms with Crippen LogP contribution in [0.15, 0.2) is 0 Å². The molecule has 15 N–H and O–H groups in total. The van der Waals surface area contributed by atoms with Gasteiger partial charge in [-0.25, -0.2) is 0 Å². The molecule has 4 fully saturated rings. The summed E-state index contributed by atoms with van der Waals surface area (Å²) in [6, 6.07) is 0. The van der Waals surface area contributed by atoms with Gasteiger partial charge in [-0.15, -0.1) is 0 Å². The molecule has 0 aromatic rings. The minimum atomic E-state index is -1.87. The van der Waals surface area contributed by atoms with Crippen LogP contribution in [0.5, 0.6) is 0 Å². The summed E-state index contributed by atoms with van der Waals surface area (Å²) in [5.41, 5.74) is -1.87. The molecule has 4 aliphatic heterocycles. The van der Waals surface area contributed by atoms with Gasteiger partial charge in [0.1, 0.15) is 0 Å². The summed E-state index contributed by atoms with van der Waals surface area (Å²) in [6.45, 7) is -14.0. The topological polar surface area (TPSA) is 722 Å². The molecule has 7 amide bonds. The van der Waals surface area contributed by atoms with Crippen molar-refractivity contribution >= 4 is 119 Å². The standard InChI is InChI=1S/C90H157N23O36/c1-146-43-39-110(74(118)51-94-7-15-98(55-78(122)123)23-31-106(63-86(138)139)32-24-99(16-8-94)56-79(124)125)47-70(114)5-6-90(67-91-71(115)48-111(40-44-147-2)75(119)52-95-9-17-100(57-80(126)127)25-33-107(64-87(140)141)34-26-101(18-10-95)58-81(128)129,68-92-72(116)49-112(41-45-148-3)76(120)53-96-11-19-102(59-82(130)131)27-35-108(65-88(142)143)36-28-103(20-12-96)60-83(132)133)69-93-73(117)50-113(42-46-149-4)77(121)54-97-13-21-104(61-84(134)135)29-37-109(66-89(144)145)38-30-105(22-14-97)62-85(136)137/h5-69H2,1-4H3,(H,91,115)(H,92,116)(H,93,117)(H,122,123)(H,124,125)(H,126,127)(H,128,129)(H,130,131)(H,132,133)(H,134,135)(H,136,137)(H,138,139)(H,140,141)(H,142,143)(H,144,145). The van der Waals surface area contributed by atoms with Crippen LogP contribution in [0.1, 0.15) is 12.8 Å². The lowest BCUT2D eigenvalue weighted by Gasteiger charge is -2.36. The first-order chi connectivity index (χ1) is 70.7. The third-order valence-corrected chi connectivity index (χ3v) is 25.4. The SMILES string of the molecule is COCCN(CC(=O)CCC(CNC(=O)CN(CCOC)C(=O)CN1CCN(CC(=O)O)CCN(CC(=O)O)CCN(CC(=O)O)CC1)(CNC(=O)CN(CCOC)C(=O)CN1CCN(CC(=O)O)CCN(CC(=O)O)CCN(CC(=O)O)CC1)CNC(=O)CN(CCOC)C(=O)CN1CCN(CC(=O)O)CCN(CC(=O)O)CCN(CC(=O)O)CC1)C(=O)CN1CCN(CC(=O)O)CCN(CC(=O)O)CCN(CC(=O)O)CC1. The molecule has 0 aromatic heterocycles. The third-order valence-electron chi connectivity index (χ3n) is 25.4. The van der Waals surface area contributed by atoms with E-state index in [1.807, 2.05) is 0 Å². The van der Waals surface area contributed by atoms with Gasteiger partial charge in [0.25, 0.3) is 0 Å². The Hall–Kier alpha value is -11.2. The number of amides is 7. The van der Waals surface area contributed by atoms with Crippen LogP contribution in [0, 0.1) is 5.41 Å². The Morgan fingerprint density at radius 3 is 0.463 bits per heavy atom. The molecule has 4 heterocycles. The van der Waals surface area contributed by atoms with Crippen LogP contribution in [0.3, 0.4) is 0 Å². The first-order valence-corrected chi connectivity index (χ1v) is 49.3. The Bertz CT molecular complexity index is 3610. The average Bonchev–Trinajstić information content (AvgIpc) is 0.836. The lowest BCUT2D eigenvalue weighted by molar-refractivity contribution is -0.141. The molecule has 0 radical (unpaired) electrons. The summed E-state index contributed by atoms with van der Waals surface area (Å²) < 4.78 is 21.7. The number of carbonyl (C=O) groups is 20. The van der Waals surface area contributed by atoms with E-state index in [0.717, 1.165) is 14.7 Å². The maximum atomic E-state index is 15.3. The number of rotatable bonds is 61. The predicted octanol–water partition coefficient (Wildman–Crippen LogP) is -12.5. The van der Waals surface area contributed by atoms with Crippen molar-refractivity contribution in [3.8, 4) is 0 Å². The molecule has 0 aliphatic carbocycles. The van der Waals surface area contributed by atoms with Crippen molar-refractivity contribution in [3.63, 3.8) is 0 Å². The summed E-state index contributed by atoms with van der Waals surface area (Å²) in [7, 11) is 5.27. The number of hydrogen-bond donors (Lipinski definition) is 15. The highest BCUT2D eigenvalue weighted by Crippen LogP contribution is 2.24. The van der Waals surface area contributed by atoms with Crippen LogP contribution in [-0.4, -0.2) is 719 Å². The van der Waals surface area contributed by atoms with Crippen LogP contribution in [0.2, 0.25) is 0 Å². The molecule has 0 aromatic carbocycles. The van der Waals surface area contributed by atoms with Gasteiger partial charge < -0.3 is 116 Å². The first-order valence-electron chi connectivity index (χ1n) is 49.3. The average molecular weight is 2140 g/mol. The van der Waals surface area contributed by atoms with Gasteiger partial charge in [-0.2, -0.15) is 0 Å². The maximum Gasteiger partial charge on any atom is 0.317 e. The molecular weight excluding hydrogens is 1980 g/mol. The normalized spacial score (nSPS) is 17.8. The van der Waals surface area contributed by atoms with Crippen molar-refractivity contribution in [3.05, 3.63) is 0 Å². The molecule has 848 valence electrons. The zero-order valence-corrected chi connectivity index (χ0v) is 86.1. The molecule has 59 nitrogen and oxygen atoms in total. The van der Waals surface area contributed by atoms with Crippen LogP contribution >= 0.6 is 0 Å². The van der Waals surface area contributed by atoms with Crippen molar-refractivity contribution in [2.45, 2.75) is 12.8 Å². The molecule has 0 bridgehead atoms. The van der Waals surface area contributed by atoms with Gasteiger partial charge in [-0.05, 0) is 6.42 Å². The third kappa shape index (κ3) is 59.3. The molecule has 4 saturated heterocycles. The number of carbonyl (C=O) groups excluding carboxylic acids is 8. The molecular formula is C90H157N23O36. The van der Waals surface area contributed by atoms with Crippen molar-refractivity contribution in [2.24, 2.45) is 5.41 Å². The van der Waals surface area contributed by atoms with E-state index < -0.39 is 288 Å². The van der Waals surface area contributed by atoms with Gasteiger partial charge in [0.05, 0.1) is 157 Å². The molecule has 59 heteroatoms. The van der Waals surface area contributed by atoms with Gasteiger partial charge in [0.2, 0.25) is 41.4 Å². The molecule has 0 unspecified atom stereocenters. The van der Waals surface area contributed by atoms with Gasteiger partial charge in [0.15, 0.2) is 5.78 Å². The lowest BCUT2D eigenvalue weighted by Crippen LogP contribution is -2.56. The second-order valence-electron chi connectivity index (χ2n) is 37.2. The predicted molar refractivity (Wildman–Crippen MR) is 524 cm³/mol. The lowest BCUT2D eigenvalue weighted by atomic mass is 9.81. The van der Waals surface area contributed by atoms with E-state index in [4.69, 9.17) is 18.9 Å². The number of methoxy groups -OCH3 is 4. The monoisotopic (exact) mass is 2140 g/mol. The van der Waals surface area contributed by atoms with Gasteiger partial charge in [-0.1, -0.05) is 0 Å². The largest absolute Gasteiger partial charge is 0.480 e. The highest BCUT2D eigenvalue weighted by molar-refractivity contribution is 5.89. The van der Waals surface area contributed by atoms with Gasteiger partial charge >= 0.3 is 71.6 Å². The van der Waals surface area contributed by atoms with Crippen molar-refractivity contribution in [1.82, 2.24) is 114 Å². The smallest absolute Gasteiger partial charge is 0.317 e. The van der Waals surface area contributed by atoms with Gasteiger partial charge in [-0.3, -0.25) is 174 Å². The zero-order chi connectivity index (χ0) is 111. The molecule has 149 heavy (non-hydrogen) atoms. The fraction of sp³-hybridized carbons (Fsp3) is 0.778. The number of aliphatic carboxylic acids is 12. The second kappa shape index (κ2) is 72.3. The summed E-state index contributed by atoms with van der Waals surface area (Å²) in [6.07, 6.45) is -1.07. The number of carboxylic acids is 12. The number of ether oxygens (including phenoxy) is 4. The van der Waals surface area contributed by atoms with Crippen LogP contribution in [0.25, 0.3) is 0 Å². The Morgan fingerprint density at radius 1 is 0.208 bits per heavy atom. The number of carboxylic acid groups (broad SMARTS) is 12. The van der Waals surface area contributed by atoms with E-state index in [0.29, 0.717) is 0 Å². The zero-order valence-electron chi connectivity index (χ0n) is 86.1. The Labute approximate surface area is 864 Å². The molecule has 4 aliphatic rings. The quantitative estimate of drug-likeness (QED) is 0.0269. The fourth-order valence-electron chi connectivity index (χ4n) is 17.0. The second-order valence-corrected chi connectivity index (χ2v) is 37.2. The summed E-state index contributed by atoms with van der Waals surface area (Å²) >= 11 is 0. The molecule has 0 spiro atoms. The highest BCUT2D eigenvalue weighted by atomic mass is 16.5. The summed E-state index contributed by atoms with van der Waals surface area (Å²) in [5.74, 6) is -20.8. The van der Waals surface area contributed by atoms with E-state index >= 15 is 38.4 Å². The van der Waals surface area contributed by atoms with Gasteiger partial charge in [0, 0.05) is 296 Å². The van der Waals surface area contributed by atoms with Crippen LogP contribution < -0.4 is 16.0 Å². The van der Waals surface area contributed by atoms with E-state index in [-0.39, 0.29) is 262 Å². The minimum absolute atomic E-state index is 0.00400. The number of hydrogen-bond acceptors (Lipinski definition) is 40. The first kappa shape index (κ1) is 130. The fourth-order valence-corrected chi connectivity index (χ4v) is 17.0. The molecule has 0 atom stereocenters. The van der Waals surface area contributed by atoms with Crippen LogP contribution in [-0.2, 0) is 115 Å². The number of nitrogens with zero attached hydrogens (tertiary/aromatic N) is 20. The number of Topliss-reactive ketones (excluding diaryl/α,β-unsaturated/α-hetero) is 1. The van der Waals surface area contributed by atoms with Crippen molar-refractivity contribution in [1.29, 1.82) is 0 Å². The van der Waals surface area contributed by atoms with Crippen molar-refractivity contribution in [2.75, 3.05) is 441 Å². The molecule has 4 rings (SSSR count). The Kier molecular flexibility index (Phi) is 63.1. The Morgan fingerprint density at radius 2 is 0.336 bits per heavy atom. The Balaban J connectivity index is 1.99. The summed E-state index contributed by atoms with van der Waals surface area (Å²) in [4.78, 5) is 297. The number of ketones is 1. The van der Waals surface area contributed by atoms with Crippen LogP contribution in [0.4, 0.5) is 0 Å². The van der Waals surface area contributed by atoms with E-state index in [1.54, 1.807) is 24.5 Å².